The Bertz CT molecular complexity index is 1340. The van der Waals surface area contributed by atoms with Gasteiger partial charge in [0.05, 0.1) is 16.3 Å². The van der Waals surface area contributed by atoms with Crippen LogP contribution in [0.2, 0.25) is 0 Å². The molecule has 1 aliphatic rings. The molecule has 0 radical (unpaired) electrons. The molecule has 0 atom stereocenters. The molecule has 5 rings (SSSR count). The highest BCUT2D eigenvalue weighted by molar-refractivity contribution is 7.91. The summed E-state index contributed by atoms with van der Waals surface area (Å²) in [6.45, 7) is 0. The van der Waals surface area contributed by atoms with Crippen molar-refractivity contribution in [2.24, 2.45) is 0 Å². The number of nitrogens with one attached hydrogen (secondary N) is 1. The van der Waals surface area contributed by atoms with E-state index in [1.807, 2.05) is 36.4 Å². The second kappa shape index (κ2) is 7.22. The number of hydrogen-bond donors (Lipinski definition) is 1. The lowest BCUT2D eigenvalue weighted by Crippen LogP contribution is -2.15. The van der Waals surface area contributed by atoms with Gasteiger partial charge < -0.3 is 4.98 Å². The first kappa shape index (κ1) is 18.8. The maximum absolute atomic E-state index is 13.9. The molecule has 1 N–H and O–H groups in total. The summed E-state index contributed by atoms with van der Waals surface area (Å²) in [6, 6.07) is 17.8. The normalized spacial score (nSPS) is 15.0. The number of fused-ring (bicyclic) bond motifs is 1. The quantitative estimate of drug-likeness (QED) is 0.493. The van der Waals surface area contributed by atoms with Crippen LogP contribution in [0.5, 0.6) is 0 Å². The minimum Gasteiger partial charge on any atom is -0.354 e. The Labute approximate surface area is 174 Å². The van der Waals surface area contributed by atoms with Gasteiger partial charge in [0.25, 0.3) is 0 Å². The van der Waals surface area contributed by atoms with Gasteiger partial charge in [-0.3, -0.25) is 4.98 Å². The zero-order valence-corrected chi connectivity index (χ0v) is 16.9. The van der Waals surface area contributed by atoms with E-state index in [2.05, 4.69) is 9.97 Å². The summed E-state index contributed by atoms with van der Waals surface area (Å²) < 4.78 is 38.6. The van der Waals surface area contributed by atoms with E-state index in [0.717, 1.165) is 45.6 Å². The van der Waals surface area contributed by atoms with Gasteiger partial charge in [0, 0.05) is 29.2 Å². The SMILES string of the molecule is O=S1(=O)CCCc2cc(-c3cc(-c4ccncc4)c(-c4cccc(F)c4)[nH]3)ccc21. The van der Waals surface area contributed by atoms with E-state index in [4.69, 9.17) is 0 Å². The van der Waals surface area contributed by atoms with Gasteiger partial charge in [0.2, 0.25) is 0 Å². The van der Waals surface area contributed by atoms with Crippen molar-refractivity contribution in [3.05, 3.63) is 84.4 Å². The summed E-state index contributed by atoms with van der Waals surface area (Å²) in [6.07, 6.45) is 4.83. The van der Waals surface area contributed by atoms with Crippen LogP contribution in [0.3, 0.4) is 0 Å². The summed E-state index contributed by atoms with van der Waals surface area (Å²) in [5.41, 5.74) is 6.06. The fourth-order valence-electron chi connectivity index (χ4n) is 4.05. The monoisotopic (exact) mass is 418 g/mol. The Morgan fingerprint density at radius 1 is 0.900 bits per heavy atom. The molecule has 0 saturated carbocycles. The van der Waals surface area contributed by atoms with Crippen LogP contribution in [0.4, 0.5) is 4.39 Å². The second-order valence-corrected chi connectivity index (χ2v) is 9.54. The van der Waals surface area contributed by atoms with Crippen molar-refractivity contribution >= 4 is 9.84 Å². The zero-order valence-electron chi connectivity index (χ0n) is 16.1. The van der Waals surface area contributed by atoms with Crippen molar-refractivity contribution in [3.63, 3.8) is 0 Å². The Morgan fingerprint density at radius 2 is 1.73 bits per heavy atom. The van der Waals surface area contributed by atoms with Gasteiger partial charge >= 0.3 is 0 Å². The predicted octanol–water partition coefficient (Wildman–Crippen LogP) is 5.27. The smallest absolute Gasteiger partial charge is 0.178 e. The lowest BCUT2D eigenvalue weighted by atomic mass is 10.0. The van der Waals surface area contributed by atoms with Crippen LogP contribution in [-0.4, -0.2) is 24.1 Å². The highest BCUT2D eigenvalue weighted by Crippen LogP contribution is 2.37. The molecular weight excluding hydrogens is 399 g/mol. The van der Waals surface area contributed by atoms with Gasteiger partial charge in [-0.05, 0) is 72.0 Å². The predicted molar refractivity (Wildman–Crippen MR) is 115 cm³/mol. The molecule has 0 saturated heterocycles. The largest absolute Gasteiger partial charge is 0.354 e. The van der Waals surface area contributed by atoms with E-state index in [0.29, 0.717) is 11.3 Å². The number of benzene rings is 2. The van der Waals surface area contributed by atoms with E-state index in [-0.39, 0.29) is 11.6 Å². The lowest BCUT2D eigenvalue weighted by molar-refractivity contribution is 0.586. The third kappa shape index (κ3) is 3.33. The summed E-state index contributed by atoms with van der Waals surface area (Å²) in [5, 5.41) is 0. The Kier molecular flexibility index (Phi) is 4.51. The standard InChI is InChI=1S/C24H19FN2O2S/c25-20-5-1-3-19(14-20)24-21(16-8-10-26-11-9-16)15-22(27-24)17-6-7-23-18(13-17)4-2-12-30(23,28)29/h1,3,5-11,13-15,27H,2,4,12H2. The van der Waals surface area contributed by atoms with Crippen molar-refractivity contribution in [3.8, 4) is 33.6 Å². The molecule has 30 heavy (non-hydrogen) atoms. The number of sulfone groups is 1. The second-order valence-electron chi connectivity index (χ2n) is 7.46. The van der Waals surface area contributed by atoms with Crippen molar-refractivity contribution in [1.29, 1.82) is 0 Å². The fourth-order valence-corrected chi connectivity index (χ4v) is 5.63. The summed E-state index contributed by atoms with van der Waals surface area (Å²) in [4.78, 5) is 7.95. The Morgan fingerprint density at radius 3 is 2.53 bits per heavy atom. The molecule has 150 valence electrons. The van der Waals surface area contributed by atoms with E-state index in [9.17, 15) is 12.8 Å². The summed E-state index contributed by atoms with van der Waals surface area (Å²) >= 11 is 0. The highest BCUT2D eigenvalue weighted by Gasteiger charge is 2.24. The maximum atomic E-state index is 13.9. The van der Waals surface area contributed by atoms with Gasteiger partial charge in [-0.25, -0.2) is 12.8 Å². The average Bonchev–Trinajstić information content (AvgIpc) is 3.19. The number of rotatable bonds is 3. The highest BCUT2D eigenvalue weighted by atomic mass is 32.2. The first-order chi connectivity index (χ1) is 14.5. The summed E-state index contributed by atoms with van der Waals surface area (Å²) in [7, 11) is -3.19. The van der Waals surface area contributed by atoms with Gasteiger partial charge in [-0.1, -0.05) is 18.2 Å². The molecule has 0 fully saturated rings. The number of hydrogen-bond acceptors (Lipinski definition) is 3. The molecule has 2 aromatic carbocycles. The number of pyridine rings is 1. The first-order valence-electron chi connectivity index (χ1n) is 9.77. The van der Waals surface area contributed by atoms with E-state index < -0.39 is 9.84 Å². The minimum atomic E-state index is -3.19. The number of halogens is 1. The Balaban J connectivity index is 1.67. The number of aromatic nitrogens is 2. The van der Waals surface area contributed by atoms with Gasteiger partial charge in [-0.15, -0.1) is 0 Å². The van der Waals surface area contributed by atoms with Crippen LogP contribution in [-0.2, 0) is 16.3 Å². The van der Waals surface area contributed by atoms with Gasteiger partial charge in [0.1, 0.15) is 5.82 Å². The molecule has 4 aromatic rings. The molecule has 0 unspecified atom stereocenters. The Hall–Kier alpha value is -3.25. The van der Waals surface area contributed by atoms with Crippen molar-refractivity contribution in [2.45, 2.75) is 17.7 Å². The number of H-pyrrole nitrogens is 1. The molecule has 6 heteroatoms. The number of nitrogens with zero attached hydrogens (tertiary/aromatic N) is 1. The van der Waals surface area contributed by atoms with Crippen LogP contribution in [0, 0.1) is 5.82 Å². The molecule has 1 aliphatic heterocycles. The van der Waals surface area contributed by atoms with Crippen molar-refractivity contribution in [1.82, 2.24) is 9.97 Å². The number of aromatic amines is 1. The third-order valence-electron chi connectivity index (χ3n) is 5.49. The van der Waals surface area contributed by atoms with Crippen LogP contribution in [0.1, 0.15) is 12.0 Å². The molecule has 0 spiro atoms. The van der Waals surface area contributed by atoms with Crippen LogP contribution in [0.25, 0.3) is 33.6 Å². The minimum absolute atomic E-state index is 0.206. The summed E-state index contributed by atoms with van der Waals surface area (Å²) in [5.74, 6) is -0.0964. The molecular formula is C24H19FN2O2S. The van der Waals surface area contributed by atoms with E-state index in [1.165, 1.54) is 12.1 Å². The van der Waals surface area contributed by atoms with E-state index >= 15 is 0 Å². The molecule has 0 bridgehead atoms. The topological polar surface area (TPSA) is 62.8 Å². The first-order valence-corrected chi connectivity index (χ1v) is 11.4. The van der Waals surface area contributed by atoms with Gasteiger partial charge in [0.15, 0.2) is 9.84 Å². The molecule has 0 amide bonds. The molecule has 0 aliphatic carbocycles. The lowest BCUT2D eigenvalue weighted by Gasteiger charge is -2.16. The zero-order chi connectivity index (χ0) is 20.7. The molecule has 4 nitrogen and oxygen atoms in total. The average molecular weight is 418 g/mol. The van der Waals surface area contributed by atoms with Crippen LogP contribution < -0.4 is 0 Å². The van der Waals surface area contributed by atoms with Crippen molar-refractivity contribution < 1.29 is 12.8 Å². The van der Waals surface area contributed by atoms with Crippen molar-refractivity contribution in [2.75, 3.05) is 5.75 Å². The number of aryl methyl sites for hydroxylation is 1. The van der Waals surface area contributed by atoms with Crippen LogP contribution in [0.15, 0.2) is 78.0 Å². The third-order valence-corrected chi connectivity index (χ3v) is 7.38. The molecule has 3 heterocycles. The molecule has 2 aromatic heterocycles. The van der Waals surface area contributed by atoms with Crippen LogP contribution >= 0.6 is 0 Å². The fraction of sp³-hybridized carbons (Fsp3) is 0.125. The van der Waals surface area contributed by atoms with Gasteiger partial charge in [-0.2, -0.15) is 0 Å². The maximum Gasteiger partial charge on any atom is 0.178 e. The van der Waals surface area contributed by atoms with E-state index in [1.54, 1.807) is 24.5 Å².